The van der Waals surface area contributed by atoms with E-state index >= 15 is 0 Å². The first-order chi connectivity index (χ1) is 7.27. The van der Waals surface area contributed by atoms with Crippen molar-refractivity contribution >= 4 is 39.4 Å². The number of benzene rings is 1. The summed E-state index contributed by atoms with van der Waals surface area (Å²) in [7, 11) is 0. The molecule has 0 atom stereocenters. The minimum Gasteiger partial charge on any atom is -0.276 e. The van der Waals surface area contributed by atoms with Crippen molar-refractivity contribution in [2.24, 2.45) is 0 Å². The highest BCUT2D eigenvalue weighted by atomic mass is 127. The molecule has 7 heteroatoms. The molecule has 0 radical (unpaired) electrons. The summed E-state index contributed by atoms with van der Waals surface area (Å²) in [6.45, 7) is 0. The minimum atomic E-state index is -4.72. The van der Waals surface area contributed by atoms with Crippen LogP contribution >= 0.6 is 34.2 Å². The van der Waals surface area contributed by atoms with Crippen LogP contribution in [0.1, 0.15) is 21.5 Å². The highest BCUT2D eigenvalue weighted by molar-refractivity contribution is 14.1. The summed E-state index contributed by atoms with van der Waals surface area (Å²) in [5.41, 5.74) is -1.97. The molecule has 0 amide bonds. The van der Waals surface area contributed by atoms with E-state index in [4.69, 9.17) is 16.9 Å². The van der Waals surface area contributed by atoms with E-state index in [0.717, 1.165) is 0 Å². The lowest BCUT2D eigenvalue weighted by Crippen LogP contribution is -2.13. The number of hydrogen-bond acceptors (Lipinski definition) is 2. The number of nitriles is 1. The molecule has 0 aliphatic heterocycles. The number of hydrogen-bond donors (Lipinski definition) is 0. The molecule has 0 bridgehead atoms. The van der Waals surface area contributed by atoms with E-state index in [1.54, 1.807) is 6.07 Å². The lowest BCUT2D eigenvalue weighted by atomic mass is 10.0. The van der Waals surface area contributed by atoms with Gasteiger partial charge in [-0.05, 0) is 46.3 Å². The Morgan fingerprint density at radius 2 is 2.00 bits per heavy atom. The van der Waals surface area contributed by atoms with Gasteiger partial charge in [0.2, 0.25) is 0 Å². The van der Waals surface area contributed by atoms with Crippen LogP contribution in [0.5, 0.6) is 0 Å². The normalized spacial score (nSPS) is 11.0. The van der Waals surface area contributed by atoms with Crippen molar-refractivity contribution in [1.82, 2.24) is 0 Å². The Bertz CT molecular complexity index is 493. The molecule has 16 heavy (non-hydrogen) atoms. The fourth-order valence-electron chi connectivity index (χ4n) is 1.09. The maximum absolute atomic E-state index is 12.6. The Morgan fingerprint density at radius 3 is 2.38 bits per heavy atom. The SMILES string of the molecule is N#Cc1cc(I)c(C(=O)Cl)c(C(F)(F)F)c1. The molecule has 1 aromatic rings. The first-order valence-corrected chi connectivity index (χ1v) is 5.23. The van der Waals surface area contributed by atoms with Gasteiger partial charge in [-0.2, -0.15) is 18.4 Å². The topological polar surface area (TPSA) is 40.9 Å². The summed E-state index contributed by atoms with van der Waals surface area (Å²) in [6.07, 6.45) is -4.72. The molecule has 0 aliphatic rings. The van der Waals surface area contributed by atoms with Crippen LogP contribution in [0.4, 0.5) is 13.2 Å². The minimum absolute atomic E-state index is 0.00368. The molecule has 1 rings (SSSR count). The van der Waals surface area contributed by atoms with Crippen LogP contribution < -0.4 is 0 Å². The Kier molecular flexibility index (Phi) is 3.80. The zero-order chi connectivity index (χ0) is 12.5. The van der Waals surface area contributed by atoms with Crippen molar-refractivity contribution in [3.05, 3.63) is 32.4 Å². The van der Waals surface area contributed by atoms with Gasteiger partial charge >= 0.3 is 6.18 Å². The number of nitrogens with zero attached hydrogens (tertiary/aromatic N) is 1. The van der Waals surface area contributed by atoms with Crippen LogP contribution in [0.3, 0.4) is 0 Å². The van der Waals surface area contributed by atoms with E-state index in [1.165, 1.54) is 28.7 Å². The Labute approximate surface area is 107 Å². The first kappa shape index (κ1) is 13.3. The Hall–Kier alpha value is -0.810. The quantitative estimate of drug-likeness (QED) is 0.568. The number of carbonyl (C=O) groups excluding carboxylic acids is 1. The average molecular weight is 359 g/mol. The van der Waals surface area contributed by atoms with Crippen molar-refractivity contribution in [2.75, 3.05) is 0 Å². The van der Waals surface area contributed by atoms with E-state index in [1.807, 2.05) is 0 Å². The van der Waals surface area contributed by atoms with Crippen molar-refractivity contribution < 1.29 is 18.0 Å². The van der Waals surface area contributed by atoms with E-state index in [9.17, 15) is 18.0 Å². The van der Waals surface area contributed by atoms with E-state index in [2.05, 4.69) is 0 Å². The lowest BCUT2D eigenvalue weighted by Gasteiger charge is -2.12. The standard InChI is InChI=1S/C9H2ClF3INO/c10-8(16)7-5(9(11,12)13)1-4(3-15)2-6(7)14/h1-2H. The van der Waals surface area contributed by atoms with Gasteiger partial charge in [-0.3, -0.25) is 4.79 Å². The largest absolute Gasteiger partial charge is 0.417 e. The summed E-state index contributed by atoms with van der Waals surface area (Å²) in [5, 5.41) is 7.35. The van der Waals surface area contributed by atoms with Gasteiger partial charge in [0.1, 0.15) is 0 Å². The van der Waals surface area contributed by atoms with Gasteiger partial charge in [-0.25, -0.2) is 0 Å². The van der Waals surface area contributed by atoms with Gasteiger partial charge in [0.25, 0.3) is 5.24 Å². The first-order valence-electron chi connectivity index (χ1n) is 3.78. The van der Waals surface area contributed by atoms with Crippen LogP contribution in [0.2, 0.25) is 0 Å². The van der Waals surface area contributed by atoms with E-state index in [0.29, 0.717) is 6.07 Å². The van der Waals surface area contributed by atoms with Crippen molar-refractivity contribution in [3.63, 3.8) is 0 Å². The lowest BCUT2D eigenvalue weighted by molar-refractivity contribution is -0.137. The average Bonchev–Trinajstić information content (AvgIpc) is 2.14. The molecular weight excluding hydrogens is 357 g/mol. The third kappa shape index (κ3) is 2.65. The molecule has 0 heterocycles. The van der Waals surface area contributed by atoms with Crippen molar-refractivity contribution in [3.8, 4) is 6.07 Å². The van der Waals surface area contributed by atoms with Crippen LogP contribution in [-0.2, 0) is 6.18 Å². The third-order valence-electron chi connectivity index (χ3n) is 1.72. The number of alkyl halides is 3. The maximum Gasteiger partial charge on any atom is 0.417 e. The summed E-state index contributed by atoms with van der Waals surface area (Å²) < 4.78 is 37.7. The second kappa shape index (κ2) is 4.59. The molecule has 0 aromatic heterocycles. The smallest absolute Gasteiger partial charge is 0.276 e. The fraction of sp³-hybridized carbons (Fsp3) is 0.111. The van der Waals surface area contributed by atoms with Crippen LogP contribution in [0, 0.1) is 14.9 Å². The predicted octanol–water partition coefficient (Wildman–Crippen LogP) is 3.56. The van der Waals surface area contributed by atoms with Crippen LogP contribution in [0.15, 0.2) is 12.1 Å². The Morgan fingerprint density at radius 1 is 1.44 bits per heavy atom. The second-order valence-electron chi connectivity index (χ2n) is 2.76. The maximum atomic E-state index is 12.6. The third-order valence-corrected chi connectivity index (χ3v) is 2.76. The highest BCUT2D eigenvalue weighted by Gasteiger charge is 2.36. The fourth-order valence-corrected chi connectivity index (χ4v) is 2.33. The molecule has 0 saturated heterocycles. The van der Waals surface area contributed by atoms with Crippen LogP contribution in [-0.4, -0.2) is 5.24 Å². The van der Waals surface area contributed by atoms with Gasteiger partial charge in [0, 0.05) is 3.57 Å². The van der Waals surface area contributed by atoms with Gasteiger partial charge < -0.3 is 0 Å². The molecule has 0 saturated carbocycles. The predicted molar refractivity (Wildman–Crippen MR) is 59.1 cm³/mol. The Balaban J connectivity index is 3.61. The van der Waals surface area contributed by atoms with Gasteiger partial charge in [0.05, 0.1) is 22.8 Å². The van der Waals surface area contributed by atoms with E-state index < -0.39 is 22.5 Å². The summed E-state index contributed by atoms with van der Waals surface area (Å²) >= 11 is 6.62. The monoisotopic (exact) mass is 359 g/mol. The molecular formula is C9H2ClF3INO. The molecule has 0 unspecified atom stereocenters. The van der Waals surface area contributed by atoms with Crippen molar-refractivity contribution in [2.45, 2.75) is 6.18 Å². The van der Waals surface area contributed by atoms with Crippen LogP contribution in [0.25, 0.3) is 0 Å². The second-order valence-corrected chi connectivity index (χ2v) is 4.27. The van der Waals surface area contributed by atoms with Crippen molar-refractivity contribution in [1.29, 1.82) is 5.26 Å². The number of rotatable bonds is 1. The number of carbonyl (C=O) groups is 1. The molecule has 0 spiro atoms. The summed E-state index contributed by atoms with van der Waals surface area (Å²) in [6, 6.07) is 3.37. The van der Waals surface area contributed by atoms with Gasteiger partial charge in [-0.15, -0.1) is 0 Å². The molecule has 84 valence electrons. The summed E-state index contributed by atoms with van der Waals surface area (Å²) in [5.74, 6) is 0. The van der Waals surface area contributed by atoms with Gasteiger partial charge in [0.15, 0.2) is 0 Å². The molecule has 0 aliphatic carbocycles. The number of halogens is 5. The molecule has 2 nitrogen and oxygen atoms in total. The van der Waals surface area contributed by atoms with E-state index in [-0.39, 0.29) is 9.13 Å². The molecule has 0 fully saturated rings. The molecule has 1 aromatic carbocycles. The zero-order valence-electron chi connectivity index (χ0n) is 7.40. The summed E-state index contributed by atoms with van der Waals surface area (Å²) in [4.78, 5) is 10.9. The highest BCUT2D eigenvalue weighted by Crippen LogP contribution is 2.35. The zero-order valence-corrected chi connectivity index (χ0v) is 10.3. The van der Waals surface area contributed by atoms with Gasteiger partial charge in [-0.1, -0.05) is 0 Å². The molecule has 0 N–H and O–H groups in total.